The Hall–Kier alpha value is -0.900. The van der Waals surface area contributed by atoms with Crippen molar-refractivity contribution in [1.29, 1.82) is 0 Å². The molecule has 2 N–H and O–H groups in total. The molecular weight excluding hydrogens is 210 g/mol. The van der Waals surface area contributed by atoms with E-state index in [0.29, 0.717) is 18.6 Å². The zero-order valence-corrected chi connectivity index (χ0v) is 10.8. The standard InChI is InChI=1S/C14H23N3/c1-16(2)13-8-9-17(11-13)14(10-15)12-6-4-3-5-7-12/h3-7,13-14H,8-11,15H2,1-2H3. The van der Waals surface area contributed by atoms with Crippen LogP contribution in [0.25, 0.3) is 0 Å². The van der Waals surface area contributed by atoms with Gasteiger partial charge in [-0.25, -0.2) is 0 Å². The molecule has 2 unspecified atom stereocenters. The van der Waals surface area contributed by atoms with Crippen molar-refractivity contribution in [2.45, 2.75) is 18.5 Å². The zero-order chi connectivity index (χ0) is 12.3. The average molecular weight is 233 g/mol. The van der Waals surface area contributed by atoms with Crippen LogP contribution < -0.4 is 5.73 Å². The van der Waals surface area contributed by atoms with Crippen LogP contribution in [0.1, 0.15) is 18.0 Å². The minimum Gasteiger partial charge on any atom is -0.329 e. The molecule has 0 saturated carbocycles. The number of benzene rings is 1. The Morgan fingerprint density at radius 2 is 2.06 bits per heavy atom. The molecule has 1 aromatic carbocycles. The van der Waals surface area contributed by atoms with Crippen molar-refractivity contribution in [2.75, 3.05) is 33.7 Å². The molecule has 3 heteroatoms. The lowest BCUT2D eigenvalue weighted by molar-refractivity contribution is 0.220. The third kappa shape index (κ3) is 2.86. The van der Waals surface area contributed by atoms with Crippen LogP contribution in [-0.2, 0) is 0 Å². The normalized spacial score (nSPS) is 23.2. The van der Waals surface area contributed by atoms with Crippen molar-refractivity contribution in [2.24, 2.45) is 5.73 Å². The highest BCUT2D eigenvalue weighted by molar-refractivity contribution is 5.19. The van der Waals surface area contributed by atoms with Crippen LogP contribution >= 0.6 is 0 Å². The number of nitrogens with two attached hydrogens (primary N) is 1. The number of hydrogen-bond donors (Lipinski definition) is 1. The van der Waals surface area contributed by atoms with Gasteiger partial charge in [0.15, 0.2) is 0 Å². The van der Waals surface area contributed by atoms with E-state index in [2.05, 4.69) is 54.2 Å². The van der Waals surface area contributed by atoms with E-state index < -0.39 is 0 Å². The van der Waals surface area contributed by atoms with Crippen LogP contribution in [0.15, 0.2) is 30.3 Å². The fourth-order valence-electron chi connectivity index (χ4n) is 2.64. The molecule has 17 heavy (non-hydrogen) atoms. The number of hydrogen-bond acceptors (Lipinski definition) is 3. The maximum absolute atomic E-state index is 5.95. The summed E-state index contributed by atoms with van der Waals surface area (Å²) in [4.78, 5) is 4.83. The topological polar surface area (TPSA) is 32.5 Å². The lowest BCUT2D eigenvalue weighted by atomic mass is 10.1. The lowest BCUT2D eigenvalue weighted by Gasteiger charge is -2.28. The summed E-state index contributed by atoms with van der Waals surface area (Å²) in [5.41, 5.74) is 7.29. The summed E-state index contributed by atoms with van der Waals surface area (Å²) in [7, 11) is 4.32. The SMILES string of the molecule is CN(C)C1CCN(C(CN)c2ccccc2)C1. The van der Waals surface area contributed by atoms with Crippen molar-refractivity contribution in [3.05, 3.63) is 35.9 Å². The molecule has 94 valence electrons. The Labute approximate surface area is 104 Å². The summed E-state index contributed by atoms with van der Waals surface area (Å²) >= 11 is 0. The first-order chi connectivity index (χ1) is 8.22. The number of nitrogens with zero attached hydrogens (tertiary/aromatic N) is 2. The highest BCUT2D eigenvalue weighted by atomic mass is 15.2. The van der Waals surface area contributed by atoms with Gasteiger partial charge in [0.25, 0.3) is 0 Å². The molecule has 1 saturated heterocycles. The second kappa shape index (κ2) is 5.63. The first-order valence-electron chi connectivity index (χ1n) is 6.38. The molecule has 0 aromatic heterocycles. The number of likely N-dealkylation sites (N-methyl/N-ethyl adjacent to an activating group) is 1. The van der Waals surface area contributed by atoms with Gasteiger partial charge in [0.2, 0.25) is 0 Å². The summed E-state index contributed by atoms with van der Waals surface area (Å²) in [5.74, 6) is 0. The zero-order valence-electron chi connectivity index (χ0n) is 10.8. The van der Waals surface area contributed by atoms with E-state index in [9.17, 15) is 0 Å². The molecule has 1 fully saturated rings. The Morgan fingerprint density at radius 1 is 1.35 bits per heavy atom. The molecule has 2 rings (SSSR count). The number of likely N-dealkylation sites (tertiary alicyclic amines) is 1. The second-order valence-electron chi connectivity index (χ2n) is 5.06. The molecule has 1 heterocycles. The van der Waals surface area contributed by atoms with Gasteiger partial charge in [0, 0.05) is 31.7 Å². The van der Waals surface area contributed by atoms with Crippen LogP contribution in [0.5, 0.6) is 0 Å². The largest absolute Gasteiger partial charge is 0.329 e. The van der Waals surface area contributed by atoms with E-state index >= 15 is 0 Å². The van der Waals surface area contributed by atoms with E-state index in [1.54, 1.807) is 0 Å². The first kappa shape index (κ1) is 12.6. The fraction of sp³-hybridized carbons (Fsp3) is 0.571. The second-order valence-corrected chi connectivity index (χ2v) is 5.06. The van der Waals surface area contributed by atoms with Gasteiger partial charge in [-0.15, -0.1) is 0 Å². The minimum absolute atomic E-state index is 0.376. The monoisotopic (exact) mass is 233 g/mol. The summed E-state index contributed by atoms with van der Waals surface area (Å²) in [6.07, 6.45) is 1.25. The molecular formula is C14H23N3. The van der Waals surface area contributed by atoms with Gasteiger partial charge in [-0.3, -0.25) is 4.90 Å². The van der Waals surface area contributed by atoms with Gasteiger partial charge in [-0.1, -0.05) is 30.3 Å². The molecule has 0 radical (unpaired) electrons. The molecule has 1 aliphatic rings. The maximum Gasteiger partial charge on any atom is 0.0471 e. The lowest BCUT2D eigenvalue weighted by Crippen LogP contribution is -2.36. The van der Waals surface area contributed by atoms with Crippen LogP contribution in [0.3, 0.4) is 0 Å². The van der Waals surface area contributed by atoms with E-state index in [4.69, 9.17) is 5.73 Å². The van der Waals surface area contributed by atoms with Gasteiger partial charge in [-0.2, -0.15) is 0 Å². The van der Waals surface area contributed by atoms with E-state index in [1.165, 1.54) is 12.0 Å². The molecule has 2 atom stereocenters. The molecule has 3 nitrogen and oxygen atoms in total. The third-order valence-corrected chi connectivity index (χ3v) is 3.77. The first-order valence-corrected chi connectivity index (χ1v) is 6.38. The smallest absolute Gasteiger partial charge is 0.0471 e. The Balaban J connectivity index is 2.06. The summed E-state index contributed by atoms with van der Waals surface area (Å²) in [5, 5.41) is 0. The predicted molar refractivity (Wildman–Crippen MR) is 71.9 cm³/mol. The highest BCUT2D eigenvalue weighted by Gasteiger charge is 2.29. The van der Waals surface area contributed by atoms with Crippen molar-refractivity contribution in [3.8, 4) is 0 Å². The van der Waals surface area contributed by atoms with Gasteiger partial charge in [0.05, 0.1) is 0 Å². The van der Waals surface area contributed by atoms with Gasteiger partial charge in [0.1, 0.15) is 0 Å². The Kier molecular flexibility index (Phi) is 4.15. The molecule has 1 aromatic rings. The van der Waals surface area contributed by atoms with Gasteiger partial charge < -0.3 is 10.6 Å². The van der Waals surface area contributed by atoms with E-state index in [1.807, 2.05) is 0 Å². The van der Waals surface area contributed by atoms with E-state index in [-0.39, 0.29) is 0 Å². The van der Waals surface area contributed by atoms with E-state index in [0.717, 1.165) is 13.1 Å². The molecule has 0 aliphatic carbocycles. The number of rotatable bonds is 4. The van der Waals surface area contributed by atoms with Crippen molar-refractivity contribution >= 4 is 0 Å². The molecule has 0 spiro atoms. The summed E-state index contributed by atoms with van der Waals surface area (Å²) in [6, 6.07) is 11.7. The minimum atomic E-state index is 0.376. The predicted octanol–water partition coefficient (Wildman–Crippen LogP) is 1.32. The Bertz CT molecular complexity index is 337. The average Bonchev–Trinajstić information content (AvgIpc) is 2.81. The van der Waals surface area contributed by atoms with Crippen LogP contribution in [-0.4, -0.2) is 49.6 Å². The van der Waals surface area contributed by atoms with Gasteiger partial charge >= 0.3 is 0 Å². The van der Waals surface area contributed by atoms with Gasteiger partial charge in [-0.05, 0) is 26.1 Å². The van der Waals surface area contributed by atoms with Crippen molar-refractivity contribution in [3.63, 3.8) is 0 Å². The summed E-state index contributed by atoms with van der Waals surface area (Å²) < 4.78 is 0. The van der Waals surface area contributed by atoms with Crippen LogP contribution in [0, 0.1) is 0 Å². The van der Waals surface area contributed by atoms with Crippen LogP contribution in [0.2, 0.25) is 0 Å². The molecule has 0 amide bonds. The quantitative estimate of drug-likeness (QED) is 0.851. The highest BCUT2D eigenvalue weighted by Crippen LogP contribution is 2.25. The molecule has 1 aliphatic heterocycles. The fourth-order valence-corrected chi connectivity index (χ4v) is 2.64. The van der Waals surface area contributed by atoms with Crippen molar-refractivity contribution < 1.29 is 0 Å². The summed E-state index contributed by atoms with van der Waals surface area (Å²) in [6.45, 7) is 2.98. The Morgan fingerprint density at radius 3 is 2.59 bits per heavy atom. The maximum atomic E-state index is 5.95. The van der Waals surface area contributed by atoms with Crippen molar-refractivity contribution in [1.82, 2.24) is 9.80 Å². The van der Waals surface area contributed by atoms with Crippen LogP contribution in [0.4, 0.5) is 0 Å². The third-order valence-electron chi connectivity index (χ3n) is 3.77. The molecule has 0 bridgehead atoms.